The Morgan fingerprint density at radius 1 is 1.37 bits per heavy atom. The van der Waals surface area contributed by atoms with Gasteiger partial charge in [0.25, 0.3) is 0 Å². The number of halogens is 1. The third-order valence-corrected chi connectivity index (χ3v) is 2.62. The third kappa shape index (κ3) is 3.59. The highest BCUT2D eigenvalue weighted by atomic mass is 35.5. The number of pyridine rings is 1. The smallest absolute Gasteiger partial charge is 0.170 e. The maximum Gasteiger partial charge on any atom is 0.170 e. The Hall–Kier alpha value is -2.27. The molecule has 0 atom stereocenters. The van der Waals surface area contributed by atoms with E-state index >= 15 is 0 Å². The van der Waals surface area contributed by atoms with Crippen molar-refractivity contribution >= 4 is 17.4 Å². The number of nitrogens with two attached hydrogens (primary N) is 1. The second kappa shape index (κ2) is 6.06. The SMILES string of the molecule is NC(=NO)c1cccc(COc2cncc(Cl)c2)c1. The molecule has 5 nitrogen and oxygen atoms in total. The summed E-state index contributed by atoms with van der Waals surface area (Å²) >= 11 is 5.81. The quantitative estimate of drug-likeness (QED) is 0.389. The second-order valence-corrected chi connectivity index (χ2v) is 4.25. The van der Waals surface area contributed by atoms with E-state index in [2.05, 4.69) is 10.1 Å². The molecule has 3 N–H and O–H groups in total. The van der Waals surface area contributed by atoms with Crippen LogP contribution in [0.3, 0.4) is 0 Å². The third-order valence-electron chi connectivity index (χ3n) is 2.42. The van der Waals surface area contributed by atoms with Gasteiger partial charge < -0.3 is 15.7 Å². The van der Waals surface area contributed by atoms with Gasteiger partial charge in [-0.05, 0) is 11.6 Å². The van der Waals surface area contributed by atoms with Crippen molar-refractivity contribution in [3.8, 4) is 5.75 Å². The molecule has 1 aromatic heterocycles. The molecule has 1 aromatic carbocycles. The summed E-state index contributed by atoms with van der Waals surface area (Å²) in [4.78, 5) is 3.93. The van der Waals surface area contributed by atoms with E-state index in [0.717, 1.165) is 5.56 Å². The van der Waals surface area contributed by atoms with Crippen LogP contribution in [0.1, 0.15) is 11.1 Å². The predicted octanol–water partition coefficient (Wildman–Crippen LogP) is 2.41. The Morgan fingerprint density at radius 2 is 2.21 bits per heavy atom. The lowest BCUT2D eigenvalue weighted by molar-refractivity contribution is 0.305. The number of rotatable bonds is 4. The fourth-order valence-corrected chi connectivity index (χ4v) is 1.68. The maximum atomic E-state index is 8.63. The Bertz CT molecular complexity index is 602. The molecule has 0 saturated carbocycles. The van der Waals surface area contributed by atoms with Gasteiger partial charge >= 0.3 is 0 Å². The number of nitrogens with zero attached hydrogens (tertiary/aromatic N) is 2. The van der Waals surface area contributed by atoms with E-state index in [4.69, 9.17) is 27.3 Å². The van der Waals surface area contributed by atoms with Crippen LogP contribution in [-0.2, 0) is 6.61 Å². The van der Waals surface area contributed by atoms with Crippen molar-refractivity contribution in [1.29, 1.82) is 0 Å². The van der Waals surface area contributed by atoms with Gasteiger partial charge in [0.2, 0.25) is 0 Å². The molecule has 0 unspecified atom stereocenters. The highest BCUT2D eigenvalue weighted by Crippen LogP contribution is 2.17. The molecule has 0 amide bonds. The lowest BCUT2D eigenvalue weighted by Gasteiger charge is -2.07. The van der Waals surface area contributed by atoms with Gasteiger partial charge in [0.05, 0.1) is 11.2 Å². The van der Waals surface area contributed by atoms with Crippen LogP contribution in [0, 0.1) is 0 Å². The second-order valence-electron chi connectivity index (χ2n) is 3.81. The molecule has 0 radical (unpaired) electrons. The molecule has 0 aliphatic heterocycles. The van der Waals surface area contributed by atoms with Crippen LogP contribution in [0.15, 0.2) is 47.9 Å². The molecule has 98 valence electrons. The van der Waals surface area contributed by atoms with Crippen LogP contribution in [0.25, 0.3) is 0 Å². The molecule has 0 aliphatic rings. The largest absolute Gasteiger partial charge is 0.487 e. The molecule has 2 rings (SSSR count). The topological polar surface area (TPSA) is 80.7 Å². The minimum atomic E-state index is 0.0614. The fourth-order valence-electron chi connectivity index (χ4n) is 1.52. The Labute approximate surface area is 115 Å². The lowest BCUT2D eigenvalue weighted by atomic mass is 10.1. The summed E-state index contributed by atoms with van der Waals surface area (Å²) in [7, 11) is 0. The normalized spacial score (nSPS) is 11.3. The highest BCUT2D eigenvalue weighted by Gasteiger charge is 2.02. The standard InChI is InChI=1S/C13H12ClN3O2/c14-11-5-12(7-16-6-11)19-8-9-2-1-3-10(4-9)13(15)17-18/h1-7,18H,8H2,(H2,15,17). The lowest BCUT2D eigenvalue weighted by Crippen LogP contribution is -2.13. The summed E-state index contributed by atoms with van der Waals surface area (Å²) in [6.45, 7) is 0.342. The summed E-state index contributed by atoms with van der Waals surface area (Å²) in [6.07, 6.45) is 3.12. The summed E-state index contributed by atoms with van der Waals surface area (Å²) in [6, 6.07) is 8.91. The van der Waals surface area contributed by atoms with Gasteiger partial charge in [0.1, 0.15) is 12.4 Å². The first kappa shape index (κ1) is 13.2. The molecule has 1 heterocycles. The van der Waals surface area contributed by atoms with E-state index < -0.39 is 0 Å². The van der Waals surface area contributed by atoms with Crippen LogP contribution >= 0.6 is 11.6 Å². The molecule has 0 spiro atoms. The summed E-state index contributed by atoms with van der Waals surface area (Å²) in [5, 5.41) is 12.1. The average Bonchev–Trinajstić information content (AvgIpc) is 2.45. The molecule has 6 heteroatoms. The number of benzene rings is 1. The van der Waals surface area contributed by atoms with Crippen molar-refractivity contribution in [1.82, 2.24) is 4.98 Å². The molecule has 2 aromatic rings. The predicted molar refractivity (Wildman–Crippen MR) is 72.5 cm³/mol. The van der Waals surface area contributed by atoms with Crippen molar-refractivity contribution in [3.63, 3.8) is 0 Å². The zero-order chi connectivity index (χ0) is 13.7. The fraction of sp³-hybridized carbons (Fsp3) is 0.0769. The van der Waals surface area contributed by atoms with E-state index in [9.17, 15) is 0 Å². The van der Waals surface area contributed by atoms with Crippen LogP contribution in [0.2, 0.25) is 5.02 Å². The summed E-state index contributed by atoms with van der Waals surface area (Å²) in [5.41, 5.74) is 7.05. The minimum absolute atomic E-state index is 0.0614. The Kier molecular flexibility index (Phi) is 4.20. The molecule has 0 fully saturated rings. The molecule has 0 saturated heterocycles. The number of amidine groups is 1. The number of aromatic nitrogens is 1. The van der Waals surface area contributed by atoms with Gasteiger partial charge in [0, 0.05) is 17.8 Å². The van der Waals surface area contributed by atoms with Gasteiger partial charge in [-0.15, -0.1) is 0 Å². The first-order valence-corrected chi connectivity index (χ1v) is 5.87. The number of hydrogen-bond donors (Lipinski definition) is 2. The van der Waals surface area contributed by atoms with Crippen molar-refractivity contribution in [3.05, 3.63) is 58.9 Å². The van der Waals surface area contributed by atoms with E-state index in [1.807, 2.05) is 12.1 Å². The molecule has 0 aliphatic carbocycles. The molecular weight excluding hydrogens is 266 g/mol. The Morgan fingerprint density at radius 3 is 2.95 bits per heavy atom. The highest BCUT2D eigenvalue weighted by molar-refractivity contribution is 6.30. The van der Waals surface area contributed by atoms with Gasteiger partial charge in [-0.1, -0.05) is 35.0 Å². The van der Waals surface area contributed by atoms with Crippen LogP contribution < -0.4 is 10.5 Å². The van der Waals surface area contributed by atoms with Crippen LogP contribution in [0.4, 0.5) is 0 Å². The summed E-state index contributed by atoms with van der Waals surface area (Å²) < 4.78 is 5.55. The van der Waals surface area contributed by atoms with Gasteiger partial charge in [-0.25, -0.2) is 0 Å². The van der Waals surface area contributed by atoms with Gasteiger partial charge in [-0.3, -0.25) is 4.98 Å². The van der Waals surface area contributed by atoms with E-state index in [1.54, 1.807) is 24.4 Å². The monoisotopic (exact) mass is 277 g/mol. The summed E-state index contributed by atoms with van der Waals surface area (Å²) in [5.74, 6) is 0.646. The van der Waals surface area contributed by atoms with E-state index in [1.165, 1.54) is 6.20 Å². The van der Waals surface area contributed by atoms with Crippen molar-refractivity contribution in [2.75, 3.05) is 0 Å². The van der Waals surface area contributed by atoms with Crippen LogP contribution in [-0.4, -0.2) is 16.0 Å². The molecule has 0 bridgehead atoms. The first-order valence-electron chi connectivity index (χ1n) is 5.49. The maximum absolute atomic E-state index is 8.63. The molecular formula is C13H12ClN3O2. The zero-order valence-corrected chi connectivity index (χ0v) is 10.7. The first-order chi connectivity index (χ1) is 9.19. The average molecular weight is 278 g/mol. The van der Waals surface area contributed by atoms with Crippen LogP contribution in [0.5, 0.6) is 5.75 Å². The van der Waals surface area contributed by atoms with Crippen molar-refractivity contribution in [2.45, 2.75) is 6.61 Å². The van der Waals surface area contributed by atoms with E-state index in [-0.39, 0.29) is 5.84 Å². The number of hydrogen-bond acceptors (Lipinski definition) is 4. The Balaban J connectivity index is 2.08. The number of ether oxygens (including phenoxy) is 1. The minimum Gasteiger partial charge on any atom is -0.487 e. The molecule has 19 heavy (non-hydrogen) atoms. The van der Waals surface area contributed by atoms with Gasteiger partial charge in [0.15, 0.2) is 5.84 Å². The van der Waals surface area contributed by atoms with E-state index in [0.29, 0.717) is 22.9 Å². The number of oxime groups is 1. The van der Waals surface area contributed by atoms with Crippen molar-refractivity contribution < 1.29 is 9.94 Å². The van der Waals surface area contributed by atoms with Crippen molar-refractivity contribution in [2.24, 2.45) is 10.9 Å². The van der Waals surface area contributed by atoms with Gasteiger partial charge in [-0.2, -0.15) is 0 Å². The zero-order valence-electron chi connectivity index (χ0n) is 9.95.